The molecule has 2 heterocycles. The highest BCUT2D eigenvalue weighted by Gasteiger charge is 2.25. The van der Waals surface area contributed by atoms with Gasteiger partial charge < -0.3 is 14.0 Å². The van der Waals surface area contributed by atoms with Gasteiger partial charge >= 0.3 is 0 Å². The number of anilines is 1. The quantitative estimate of drug-likeness (QED) is 0.242. The van der Waals surface area contributed by atoms with Crippen LogP contribution in [0.3, 0.4) is 0 Å². The van der Waals surface area contributed by atoms with Gasteiger partial charge in [-0.15, -0.1) is 0 Å². The molecule has 0 atom stereocenters. The smallest absolute Gasteiger partial charge is 0.266 e. The number of nitrogens with one attached hydrogen (secondary N) is 1. The first-order valence-electron chi connectivity index (χ1n) is 12.1. The predicted octanol–water partition coefficient (Wildman–Crippen LogP) is 5.00. The fourth-order valence-electron chi connectivity index (χ4n) is 4.06. The van der Waals surface area contributed by atoms with E-state index < -0.39 is 21.6 Å². The summed E-state index contributed by atoms with van der Waals surface area (Å²) in [7, 11) is -1.23. The van der Waals surface area contributed by atoms with Crippen LogP contribution in [0, 0.1) is 0 Å². The van der Waals surface area contributed by atoms with Crippen molar-refractivity contribution in [2.45, 2.75) is 44.0 Å². The second kappa shape index (κ2) is 11.3. The Hall–Kier alpha value is -4.19. The zero-order valence-corrected chi connectivity index (χ0v) is 22.8. The number of Topliss-reactive ketones (excluding diaryl/α,β-unsaturated/α-hetero) is 1. The van der Waals surface area contributed by atoms with E-state index in [4.69, 9.17) is 14.0 Å². The Bertz CT molecular complexity index is 1640. The lowest BCUT2D eigenvalue weighted by Crippen LogP contribution is -2.15. The maximum atomic E-state index is 13.4. The summed E-state index contributed by atoms with van der Waals surface area (Å²) in [4.78, 5) is 11.5. The minimum atomic E-state index is -4.09. The van der Waals surface area contributed by atoms with Crippen LogP contribution in [0.2, 0.25) is 0 Å². The fourth-order valence-corrected chi connectivity index (χ4v) is 5.27. The highest BCUT2D eigenvalue weighted by molar-refractivity contribution is 7.92. The number of ether oxygens (including phenoxy) is 2. The van der Waals surface area contributed by atoms with Crippen LogP contribution in [0.15, 0.2) is 64.5 Å². The van der Waals surface area contributed by atoms with Crippen molar-refractivity contribution in [2.24, 2.45) is 0 Å². The molecular formula is C27H29FN4O6S. The lowest BCUT2D eigenvalue weighted by Gasteiger charge is -2.14. The molecule has 0 spiro atoms. The number of aryl methyl sites for hydroxylation is 1. The third-order valence-corrected chi connectivity index (χ3v) is 7.53. The fraction of sp³-hybridized carbons (Fsp3) is 0.296. The average molecular weight is 557 g/mol. The molecule has 0 aliphatic carbocycles. The van der Waals surface area contributed by atoms with Gasteiger partial charge in [-0.05, 0) is 53.3 Å². The molecule has 0 fully saturated rings. The van der Waals surface area contributed by atoms with Crippen molar-refractivity contribution in [1.29, 1.82) is 0 Å². The number of carbonyl (C=O) groups excluding carboxylic acids is 1. The number of ketones is 1. The monoisotopic (exact) mass is 556 g/mol. The van der Waals surface area contributed by atoms with Crippen LogP contribution in [0.4, 0.5) is 10.2 Å². The van der Waals surface area contributed by atoms with Crippen LogP contribution < -0.4 is 14.2 Å². The topological polar surface area (TPSA) is 126 Å². The highest BCUT2D eigenvalue weighted by Crippen LogP contribution is 2.36. The molecule has 0 amide bonds. The number of hydrogen-bond donors (Lipinski definition) is 1. The van der Waals surface area contributed by atoms with E-state index in [0.29, 0.717) is 29.7 Å². The molecule has 2 aromatic heterocycles. The molecule has 4 rings (SSSR count). The lowest BCUT2D eigenvalue weighted by molar-refractivity contribution is -0.116. The molecule has 0 radical (unpaired) electrons. The van der Waals surface area contributed by atoms with Crippen molar-refractivity contribution in [3.05, 3.63) is 71.8 Å². The second-order valence-corrected chi connectivity index (χ2v) is 10.9. The molecule has 0 saturated heterocycles. The molecule has 10 nitrogen and oxygen atoms in total. The number of nitrogens with zero attached hydrogens (tertiary/aromatic N) is 3. The van der Waals surface area contributed by atoms with E-state index in [2.05, 4.69) is 21.6 Å². The van der Waals surface area contributed by atoms with Crippen molar-refractivity contribution in [3.8, 4) is 11.5 Å². The maximum Gasteiger partial charge on any atom is 0.266 e. The van der Waals surface area contributed by atoms with Gasteiger partial charge in [0.2, 0.25) is 0 Å². The Balaban J connectivity index is 1.60. The summed E-state index contributed by atoms with van der Waals surface area (Å²) in [5, 5.41) is 8.60. The maximum absolute atomic E-state index is 13.4. The van der Waals surface area contributed by atoms with Crippen LogP contribution in [-0.4, -0.2) is 43.4 Å². The molecule has 0 saturated carbocycles. The summed E-state index contributed by atoms with van der Waals surface area (Å²) in [6.07, 6.45) is 3.70. The van der Waals surface area contributed by atoms with Crippen LogP contribution >= 0.6 is 0 Å². The van der Waals surface area contributed by atoms with Crippen molar-refractivity contribution >= 4 is 32.6 Å². The molecule has 12 heteroatoms. The number of aromatic nitrogens is 3. The number of carbonyl (C=O) groups is 1. The summed E-state index contributed by atoms with van der Waals surface area (Å²) >= 11 is 0. The first-order chi connectivity index (χ1) is 18.5. The number of methoxy groups -OCH3 is 2. The zero-order chi connectivity index (χ0) is 28.3. The second-order valence-electron chi connectivity index (χ2n) is 9.25. The van der Waals surface area contributed by atoms with Crippen LogP contribution in [-0.2, 0) is 27.8 Å². The number of allylic oxidation sites excluding steroid dienone is 1. The molecule has 4 aromatic rings. The van der Waals surface area contributed by atoms with Gasteiger partial charge in [0.05, 0.1) is 27.0 Å². The summed E-state index contributed by atoms with van der Waals surface area (Å²) in [5.74, 6) is -0.957. The van der Waals surface area contributed by atoms with Crippen LogP contribution in [0.25, 0.3) is 11.0 Å². The molecular weight excluding hydrogens is 527 g/mol. The van der Waals surface area contributed by atoms with Gasteiger partial charge in [0, 0.05) is 12.6 Å². The van der Waals surface area contributed by atoms with Crippen molar-refractivity contribution in [2.75, 3.05) is 18.9 Å². The predicted molar refractivity (Wildman–Crippen MR) is 143 cm³/mol. The first-order valence-corrected chi connectivity index (χ1v) is 13.6. The Morgan fingerprint density at radius 2 is 1.90 bits per heavy atom. The van der Waals surface area contributed by atoms with Gasteiger partial charge in [0.1, 0.15) is 21.8 Å². The number of benzene rings is 2. The molecule has 39 heavy (non-hydrogen) atoms. The van der Waals surface area contributed by atoms with Gasteiger partial charge in [-0.25, -0.2) is 12.8 Å². The van der Waals surface area contributed by atoms with Crippen molar-refractivity contribution in [1.82, 2.24) is 14.9 Å². The Labute approximate surface area is 225 Å². The lowest BCUT2D eigenvalue weighted by atomic mass is 10.0. The van der Waals surface area contributed by atoms with E-state index in [-0.39, 0.29) is 28.8 Å². The Kier molecular flexibility index (Phi) is 8.05. The van der Waals surface area contributed by atoms with Gasteiger partial charge in [-0.3, -0.25) is 14.2 Å². The molecule has 2 aromatic carbocycles. The van der Waals surface area contributed by atoms with E-state index in [1.165, 1.54) is 14.2 Å². The Morgan fingerprint density at radius 3 is 2.56 bits per heavy atom. The molecule has 0 unspecified atom stereocenters. The van der Waals surface area contributed by atoms with Gasteiger partial charge in [-0.2, -0.15) is 5.10 Å². The summed E-state index contributed by atoms with van der Waals surface area (Å²) in [6.45, 7) is 7.28. The molecule has 1 N–H and O–H groups in total. The number of halogens is 1. The summed E-state index contributed by atoms with van der Waals surface area (Å²) < 4.78 is 60.1. The minimum absolute atomic E-state index is 0.00516. The number of rotatable bonds is 12. The largest absolute Gasteiger partial charge is 0.496 e. The number of fused-ring (bicyclic) bond motifs is 1. The van der Waals surface area contributed by atoms with Crippen LogP contribution in [0.1, 0.15) is 42.9 Å². The first kappa shape index (κ1) is 27.8. The van der Waals surface area contributed by atoms with Gasteiger partial charge in [0.25, 0.3) is 10.0 Å². The summed E-state index contributed by atoms with van der Waals surface area (Å²) in [5.41, 5.74) is 2.67. The Morgan fingerprint density at radius 1 is 1.15 bits per heavy atom. The van der Waals surface area contributed by atoms with E-state index >= 15 is 0 Å². The zero-order valence-electron chi connectivity index (χ0n) is 22.0. The van der Waals surface area contributed by atoms with Gasteiger partial charge in [-0.1, -0.05) is 31.6 Å². The normalized spacial score (nSPS) is 11.6. The summed E-state index contributed by atoms with van der Waals surface area (Å²) in [6, 6.07) is 8.46. The van der Waals surface area contributed by atoms with Crippen molar-refractivity contribution in [3.63, 3.8) is 0 Å². The third kappa shape index (κ3) is 6.11. The average Bonchev–Trinajstić information content (AvgIpc) is 3.52. The van der Waals surface area contributed by atoms with E-state index in [1.807, 2.05) is 19.9 Å². The minimum Gasteiger partial charge on any atom is -0.496 e. The number of sulfonamides is 1. The standard InChI is InChI=1S/C27H29FN4O6S/c1-16(2)20-7-9-22(36-4)25(12-20)39(34,35)31-27-26-23(37-5)10-19(11-24(26)38-30-27)15-32-14-18(13-29-32)6-8-21(33)17(3)28/h7,9-14,16H,3,6,8,15H2,1-2,4-5H3,(H,30,31). The van der Waals surface area contributed by atoms with E-state index in [1.54, 1.807) is 41.3 Å². The molecule has 0 aliphatic heterocycles. The third-order valence-electron chi connectivity index (χ3n) is 6.17. The van der Waals surface area contributed by atoms with Crippen molar-refractivity contribution < 1.29 is 31.6 Å². The highest BCUT2D eigenvalue weighted by atomic mass is 32.2. The van der Waals surface area contributed by atoms with E-state index in [9.17, 15) is 17.6 Å². The molecule has 0 aliphatic rings. The van der Waals surface area contributed by atoms with Crippen LogP contribution in [0.5, 0.6) is 11.5 Å². The van der Waals surface area contributed by atoms with E-state index in [0.717, 1.165) is 16.7 Å². The van der Waals surface area contributed by atoms with Gasteiger partial charge in [0.15, 0.2) is 23.0 Å². The SMILES string of the molecule is C=C(F)C(=O)CCc1cnn(Cc2cc(OC)c3c(NS(=O)(=O)c4cc(C(C)C)ccc4OC)noc3c2)c1. The number of hydrogen-bond acceptors (Lipinski definition) is 8. The molecule has 206 valence electrons. The molecule has 0 bridgehead atoms.